The van der Waals surface area contributed by atoms with Crippen LogP contribution in [0.3, 0.4) is 0 Å². The average molecular weight is 307 g/mol. The van der Waals surface area contributed by atoms with Crippen LogP contribution in [0.25, 0.3) is 0 Å². The summed E-state index contributed by atoms with van der Waals surface area (Å²) in [5.41, 5.74) is 0. The zero-order chi connectivity index (χ0) is 14.3. The van der Waals surface area contributed by atoms with Gasteiger partial charge in [-0.1, -0.05) is 27.7 Å². The van der Waals surface area contributed by atoms with Gasteiger partial charge in [-0.15, -0.1) is 0 Å². The third kappa shape index (κ3) is 5.06. The van der Waals surface area contributed by atoms with Crippen molar-refractivity contribution in [3.05, 3.63) is 0 Å². The van der Waals surface area contributed by atoms with Gasteiger partial charge in [0.1, 0.15) is 0 Å². The summed E-state index contributed by atoms with van der Waals surface area (Å²) in [6, 6.07) is 0.125. The molecular formula is C12H26N4OS2. The summed E-state index contributed by atoms with van der Waals surface area (Å²) in [6.07, 6.45) is 1.04. The van der Waals surface area contributed by atoms with E-state index >= 15 is 0 Å². The van der Waals surface area contributed by atoms with Crippen molar-refractivity contribution in [3.63, 3.8) is 0 Å². The fourth-order valence-corrected chi connectivity index (χ4v) is 3.61. The van der Waals surface area contributed by atoms with Crippen molar-refractivity contribution >= 4 is 30.3 Å². The molecule has 112 valence electrons. The van der Waals surface area contributed by atoms with Crippen LogP contribution in [0, 0.1) is 0 Å². The van der Waals surface area contributed by atoms with Gasteiger partial charge in [0.15, 0.2) is 0 Å². The minimum atomic E-state index is 0.125. The number of hydrogen-bond acceptors (Lipinski definition) is 5. The summed E-state index contributed by atoms with van der Waals surface area (Å²) in [6.45, 7) is 14.0. The van der Waals surface area contributed by atoms with Crippen molar-refractivity contribution in [2.24, 2.45) is 0 Å². The predicted octanol–water partition coefficient (Wildman–Crippen LogP) is 2.92. The third-order valence-corrected chi connectivity index (χ3v) is 5.55. The molecule has 0 aromatic heterocycles. The maximum Gasteiger partial charge on any atom is 0.341 e. The SMILES string of the molecule is CCN(CC)SN1CCCN(SN(CC)CC)C1=O. The van der Waals surface area contributed by atoms with E-state index in [0.29, 0.717) is 0 Å². The van der Waals surface area contributed by atoms with Crippen LogP contribution >= 0.6 is 24.3 Å². The molecule has 1 fully saturated rings. The molecule has 1 aliphatic heterocycles. The highest BCUT2D eigenvalue weighted by molar-refractivity contribution is 7.96. The summed E-state index contributed by atoms with van der Waals surface area (Å²) in [5, 5.41) is 0. The summed E-state index contributed by atoms with van der Waals surface area (Å²) in [5.74, 6) is 0. The average Bonchev–Trinajstić information content (AvgIpc) is 2.45. The summed E-state index contributed by atoms with van der Waals surface area (Å²) >= 11 is 3.13. The lowest BCUT2D eigenvalue weighted by Crippen LogP contribution is -2.45. The van der Waals surface area contributed by atoms with Gasteiger partial charge in [0.05, 0.1) is 0 Å². The van der Waals surface area contributed by atoms with Crippen LogP contribution in [-0.2, 0) is 0 Å². The molecule has 0 unspecified atom stereocenters. The number of urea groups is 1. The van der Waals surface area contributed by atoms with Crippen molar-refractivity contribution in [3.8, 4) is 0 Å². The topological polar surface area (TPSA) is 30.0 Å². The molecule has 0 saturated carbocycles. The van der Waals surface area contributed by atoms with Gasteiger partial charge in [0.25, 0.3) is 0 Å². The zero-order valence-electron chi connectivity index (χ0n) is 12.5. The number of carbonyl (C=O) groups is 1. The van der Waals surface area contributed by atoms with E-state index in [1.54, 1.807) is 24.3 Å². The Labute approximate surface area is 126 Å². The molecular weight excluding hydrogens is 280 g/mol. The molecule has 0 radical (unpaired) electrons. The first-order valence-corrected chi connectivity index (χ1v) is 8.57. The molecule has 7 heteroatoms. The Morgan fingerprint density at radius 1 is 0.895 bits per heavy atom. The highest BCUT2D eigenvalue weighted by Crippen LogP contribution is 2.27. The van der Waals surface area contributed by atoms with E-state index in [1.807, 2.05) is 8.61 Å². The van der Waals surface area contributed by atoms with Crippen LogP contribution in [0.2, 0.25) is 0 Å². The molecule has 1 rings (SSSR count). The molecule has 0 aromatic rings. The molecule has 0 N–H and O–H groups in total. The van der Waals surface area contributed by atoms with Crippen molar-refractivity contribution in [1.29, 1.82) is 0 Å². The highest BCUT2D eigenvalue weighted by Gasteiger charge is 2.29. The highest BCUT2D eigenvalue weighted by atomic mass is 32.2. The molecule has 1 heterocycles. The quantitative estimate of drug-likeness (QED) is 0.643. The standard InChI is InChI=1S/C12H26N4OS2/c1-5-13(6-2)18-15-10-9-11-16(12(15)17)19-14(7-3)8-4/h5-11H2,1-4H3. The predicted molar refractivity (Wildman–Crippen MR) is 84.4 cm³/mol. The maximum atomic E-state index is 12.4. The van der Waals surface area contributed by atoms with Crippen LogP contribution < -0.4 is 0 Å². The van der Waals surface area contributed by atoms with Crippen LogP contribution in [0.5, 0.6) is 0 Å². The Balaban J connectivity index is 2.55. The molecule has 1 saturated heterocycles. The first kappa shape index (κ1) is 16.9. The van der Waals surface area contributed by atoms with Crippen LogP contribution in [0.4, 0.5) is 4.79 Å². The third-order valence-electron chi connectivity index (χ3n) is 2.99. The Morgan fingerprint density at radius 3 is 1.58 bits per heavy atom. The van der Waals surface area contributed by atoms with E-state index in [0.717, 1.165) is 45.7 Å². The zero-order valence-corrected chi connectivity index (χ0v) is 14.1. The number of amides is 2. The molecule has 19 heavy (non-hydrogen) atoms. The molecule has 0 aromatic carbocycles. The minimum Gasteiger partial charge on any atom is -0.254 e. The smallest absolute Gasteiger partial charge is 0.254 e. The number of hydrogen-bond donors (Lipinski definition) is 0. The Kier molecular flexibility index (Phi) is 7.97. The fraction of sp³-hybridized carbons (Fsp3) is 0.917. The van der Waals surface area contributed by atoms with Gasteiger partial charge in [-0.2, -0.15) is 0 Å². The second-order valence-electron chi connectivity index (χ2n) is 4.23. The lowest BCUT2D eigenvalue weighted by Gasteiger charge is -2.37. The van der Waals surface area contributed by atoms with Crippen molar-refractivity contribution in [2.75, 3.05) is 39.3 Å². The molecule has 0 spiro atoms. The van der Waals surface area contributed by atoms with E-state index in [1.165, 1.54) is 0 Å². The molecule has 0 bridgehead atoms. The number of rotatable bonds is 8. The van der Waals surface area contributed by atoms with Crippen LogP contribution in [-0.4, -0.2) is 62.5 Å². The summed E-state index contributed by atoms with van der Waals surface area (Å²) in [7, 11) is 0. The van der Waals surface area contributed by atoms with Crippen molar-refractivity contribution in [1.82, 2.24) is 17.2 Å². The molecule has 1 aliphatic rings. The Morgan fingerprint density at radius 2 is 1.26 bits per heavy atom. The Bertz CT molecular complexity index is 248. The second-order valence-corrected chi connectivity index (χ2v) is 6.47. The minimum absolute atomic E-state index is 0.125. The van der Waals surface area contributed by atoms with Crippen LogP contribution in [0.1, 0.15) is 34.1 Å². The van der Waals surface area contributed by atoms with Gasteiger partial charge in [0, 0.05) is 63.5 Å². The second kappa shape index (κ2) is 8.94. The van der Waals surface area contributed by atoms with Gasteiger partial charge in [-0.3, -0.25) is 8.61 Å². The van der Waals surface area contributed by atoms with Gasteiger partial charge in [0.2, 0.25) is 0 Å². The fourth-order valence-electron chi connectivity index (χ4n) is 1.78. The van der Waals surface area contributed by atoms with E-state index in [4.69, 9.17) is 0 Å². The van der Waals surface area contributed by atoms with E-state index in [2.05, 4.69) is 36.3 Å². The molecule has 0 aliphatic carbocycles. The van der Waals surface area contributed by atoms with Gasteiger partial charge >= 0.3 is 6.03 Å². The molecule has 0 atom stereocenters. The molecule has 2 amide bonds. The monoisotopic (exact) mass is 306 g/mol. The first-order valence-electron chi connectivity index (χ1n) is 7.11. The normalized spacial score (nSPS) is 16.8. The largest absolute Gasteiger partial charge is 0.341 e. The van der Waals surface area contributed by atoms with Gasteiger partial charge in [-0.05, 0) is 6.42 Å². The Hall–Kier alpha value is -0.110. The van der Waals surface area contributed by atoms with Gasteiger partial charge < -0.3 is 0 Å². The molecule has 5 nitrogen and oxygen atoms in total. The van der Waals surface area contributed by atoms with E-state index < -0.39 is 0 Å². The lowest BCUT2D eigenvalue weighted by atomic mass is 10.4. The van der Waals surface area contributed by atoms with Crippen LogP contribution in [0.15, 0.2) is 0 Å². The lowest BCUT2D eigenvalue weighted by molar-refractivity contribution is 0.195. The summed E-state index contributed by atoms with van der Waals surface area (Å²) in [4.78, 5) is 12.4. The van der Waals surface area contributed by atoms with Crippen molar-refractivity contribution < 1.29 is 4.79 Å². The first-order chi connectivity index (χ1) is 9.15. The van der Waals surface area contributed by atoms with E-state index in [-0.39, 0.29) is 6.03 Å². The number of nitrogens with zero attached hydrogens (tertiary/aromatic N) is 4. The maximum absolute atomic E-state index is 12.4. The summed E-state index contributed by atoms with van der Waals surface area (Å²) < 4.78 is 8.16. The number of carbonyl (C=O) groups excluding carboxylic acids is 1. The van der Waals surface area contributed by atoms with Crippen molar-refractivity contribution in [2.45, 2.75) is 34.1 Å². The van der Waals surface area contributed by atoms with Gasteiger partial charge in [-0.25, -0.2) is 13.4 Å². The van der Waals surface area contributed by atoms with E-state index in [9.17, 15) is 4.79 Å².